The number of hydrogen-bond acceptors (Lipinski definition) is 7. The zero-order valence-corrected chi connectivity index (χ0v) is 15.4. The van der Waals surface area contributed by atoms with Crippen LogP contribution in [0.3, 0.4) is 0 Å². The molecule has 0 aromatic carbocycles. The first-order valence-electron chi connectivity index (χ1n) is 9.16. The van der Waals surface area contributed by atoms with E-state index in [1.807, 2.05) is 18.2 Å². The summed E-state index contributed by atoms with van der Waals surface area (Å²) in [4.78, 5) is 11.3. The van der Waals surface area contributed by atoms with Crippen LogP contribution in [0.2, 0.25) is 0 Å². The molecule has 9 heteroatoms. The number of nitrogens with zero attached hydrogens (tertiary/aromatic N) is 6. The number of hydrogen-bond donors (Lipinski definition) is 2. The minimum absolute atomic E-state index is 0.227. The van der Waals surface area contributed by atoms with Gasteiger partial charge in [-0.05, 0) is 30.7 Å². The Morgan fingerprint density at radius 3 is 2.82 bits per heavy atom. The molecule has 1 atom stereocenters. The van der Waals surface area contributed by atoms with Crippen LogP contribution in [0, 0.1) is 0 Å². The summed E-state index contributed by atoms with van der Waals surface area (Å²) >= 11 is 0. The van der Waals surface area contributed by atoms with Gasteiger partial charge < -0.3 is 15.4 Å². The molecule has 3 N–H and O–H groups in total. The van der Waals surface area contributed by atoms with Gasteiger partial charge in [0.2, 0.25) is 0 Å². The summed E-state index contributed by atoms with van der Waals surface area (Å²) in [5, 5.41) is 12.3. The molecular formula is C19H20N8O. The zero-order valence-electron chi connectivity index (χ0n) is 15.4. The SMILES string of the molecule is CC1COCCN1c1cc(-c2ccncc2)c2c(N)nn(-c3ccn[nH]3)c2n1. The van der Waals surface area contributed by atoms with Crippen LogP contribution in [0.25, 0.3) is 28.0 Å². The minimum atomic E-state index is 0.227. The third kappa shape index (κ3) is 2.67. The van der Waals surface area contributed by atoms with Crippen molar-refractivity contribution in [3.05, 3.63) is 42.9 Å². The predicted octanol–water partition coefficient (Wildman–Crippen LogP) is 2.01. The molecule has 1 fully saturated rings. The highest BCUT2D eigenvalue weighted by Gasteiger charge is 2.24. The van der Waals surface area contributed by atoms with Crippen molar-refractivity contribution in [3.8, 4) is 16.9 Å². The number of fused-ring (bicyclic) bond motifs is 1. The van der Waals surface area contributed by atoms with Crippen LogP contribution in [0.5, 0.6) is 0 Å². The Morgan fingerprint density at radius 1 is 1.21 bits per heavy atom. The smallest absolute Gasteiger partial charge is 0.169 e. The van der Waals surface area contributed by atoms with Crippen LogP contribution in [0.4, 0.5) is 11.6 Å². The van der Waals surface area contributed by atoms with E-state index in [1.165, 1.54) is 0 Å². The first kappa shape index (κ1) is 16.7. The molecule has 1 aliphatic heterocycles. The van der Waals surface area contributed by atoms with Gasteiger partial charge in [-0.25, -0.2) is 4.98 Å². The molecule has 1 saturated heterocycles. The van der Waals surface area contributed by atoms with Crippen LogP contribution in [-0.2, 0) is 4.74 Å². The van der Waals surface area contributed by atoms with Crippen LogP contribution >= 0.6 is 0 Å². The van der Waals surface area contributed by atoms with Crippen LogP contribution < -0.4 is 10.6 Å². The molecule has 0 amide bonds. The van der Waals surface area contributed by atoms with E-state index in [2.05, 4.69) is 38.2 Å². The first-order valence-corrected chi connectivity index (χ1v) is 9.16. The van der Waals surface area contributed by atoms with E-state index in [0.29, 0.717) is 30.5 Å². The topological polar surface area (TPSA) is 111 Å². The lowest BCUT2D eigenvalue weighted by atomic mass is 10.0. The van der Waals surface area contributed by atoms with Gasteiger partial charge in [-0.15, -0.1) is 5.10 Å². The number of nitrogen functional groups attached to an aromatic ring is 1. The number of H-pyrrole nitrogens is 1. The summed E-state index contributed by atoms with van der Waals surface area (Å²) in [6, 6.07) is 8.08. The first-order chi connectivity index (χ1) is 13.7. The summed E-state index contributed by atoms with van der Waals surface area (Å²) in [6.45, 7) is 4.27. The lowest BCUT2D eigenvalue weighted by Crippen LogP contribution is -2.44. The summed E-state index contributed by atoms with van der Waals surface area (Å²) in [5.41, 5.74) is 9.00. The summed E-state index contributed by atoms with van der Waals surface area (Å²) < 4.78 is 7.30. The Labute approximate surface area is 161 Å². The summed E-state index contributed by atoms with van der Waals surface area (Å²) in [5.74, 6) is 2.00. The van der Waals surface area contributed by atoms with Gasteiger partial charge in [-0.3, -0.25) is 10.1 Å². The van der Waals surface area contributed by atoms with E-state index in [1.54, 1.807) is 23.3 Å². The molecule has 0 spiro atoms. The second-order valence-corrected chi connectivity index (χ2v) is 6.82. The third-order valence-corrected chi connectivity index (χ3v) is 5.02. The lowest BCUT2D eigenvalue weighted by Gasteiger charge is -2.34. The number of nitrogens with two attached hydrogens (primary N) is 1. The van der Waals surface area contributed by atoms with Crippen molar-refractivity contribution in [2.45, 2.75) is 13.0 Å². The van der Waals surface area contributed by atoms with Crippen molar-refractivity contribution in [2.75, 3.05) is 30.4 Å². The highest BCUT2D eigenvalue weighted by atomic mass is 16.5. The van der Waals surface area contributed by atoms with Crippen molar-refractivity contribution < 1.29 is 4.74 Å². The Kier molecular flexibility index (Phi) is 3.94. The van der Waals surface area contributed by atoms with E-state index in [4.69, 9.17) is 15.5 Å². The molecule has 0 aliphatic carbocycles. The highest BCUT2D eigenvalue weighted by Crippen LogP contribution is 2.36. The largest absolute Gasteiger partial charge is 0.382 e. The van der Waals surface area contributed by atoms with E-state index in [-0.39, 0.29) is 6.04 Å². The van der Waals surface area contributed by atoms with Gasteiger partial charge in [0.05, 0.1) is 30.8 Å². The van der Waals surface area contributed by atoms with Gasteiger partial charge in [0.25, 0.3) is 0 Å². The molecule has 5 heterocycles. The van der Waals surface area contributed by atoms with Gasteiger partial charge in [-0.1, -0.05) is 0 Å². The molecule has 0 radical (unpaired) electrons. The molecule has 9 nitrogen and oxygen atoms in total. The number of ether oxygens (including phenoxy) is 1. The van der Waals surface area contributed by atoms with Crippen molar-refractivity contribution >= 4 is 22.7 Å². The highest BCUT2D eigenvalue weighted by molar-refractivity contribution is 6.01. The average Bonchev–Trinajstić information content (AvgIpc) is 3.37. The number of anilines is 2. The fourth-order valence-electron chi connectivity index (χ4n) is 3.64. The van der Waals surface area contributed by atoms with Crippen LogP contribution in [-0.4, -0.2) is 55.7 Å². The second kappa shape index (κ2) is 6.61. The van der Waals surface area contributed by atoms with Crippen molar-refractivity contribution in [2.24, 2.45) is 0 Å². The average molecular weight is 376 g/mol. The monoisotopic (exact) mass is 376 g/mol. The number of aromatic nitrogens is 6. The fraction of sp³-hybridized carbons (Fsp3) is 0.263. The van der Waals surface area contributed by atoms with Gasteiger partial charge in [0, 0.05) is 30.6 Å². The third-order valence-electron chi connectivity index (χ3n) is 5.02. The van der Waals surface area contributed by atoms with Crippen LogP contribution in [0.1, 0.15) is 6.92 Å². The molecular weight excluding hydrogens is 356 g/mol. The molecule has 28 heavy (non-hydrogen) atoms. The van der Waals surface area contributed by atoms with Gasteiger partial charge >= 0.3 is 0 Å². The van der Waals surface area contributed by atoms with Gasteiger partial charge in [0.15, 0.2) is 17.3 Å². The van der Waals surface area contributed by atoms with Crippen molar-refractivity contribution in [1.29, 1.82) is 0 Å². The summed E-state index contributed by atoms with van der Waals surface area (Å²) in [7, 11) is 0. The number of rotatable bonds is 3. The normalized spacial score (nSPS) is 17.3. The lowest BCUT2D eigenvalue weighted by molar-refractivity contribution is 0.0986. The maximum absolute atomic E-state index is 6.32. The maximum Gasteiger partial charge on any atom is 0.169 e. The number of pyridine rings is 2. The molecule has 1 aliphatic rings. The maximum atomic E-state index is 6.32. The fourth-order valence-corrected chi connectivity index (χ4v) is 3.64. The Bertz CT molecular complexity index is 1110. The predicted molar refractivity (Wildman–Crippen MR) is 106 cm³/mol. The number of morpholine rings is 1. The van der Waals surface area contributed by atoms with Crippen molar-refractivity contribution in [3.63, 3.8) is 0 Å². The Hall–Kier alpha value is -3.46. The molecule has 4 aromatic heterocycles. The molecule has 4 aromatic rings. The van der Waals surface area contributed by atoms with Crippen molar-refractivity contribution in [1.82, 2.24) is 29.9 Å². The number of aromatic amines is 1. The van der Waals surface area contributed by atoms with Crippen LogP contribution in [0.15, 0.2) is 42.9 Å². The molecule has 142 valence electrons. The van der Waals surface area contributed by atoms with E-state index in [9.17, 15) is 0 Å². The second-order valence-electron chi connectivity index (χ2n) is 6.82. The van der Waals surface area contributed by atoms with E-state index in [0.717, 1.165) is 28.9 Å². The van der Waals surface area contributed by atoms with E-state index < -0.39 is 0 Å². The summed E-state index contributed by atoms with van der Waals surface area (Å²) in [6.07, 6.45) is 5.22. The van der Waals surface area contributed by atoms with Gasteiger partial charge in [0.1, 0.15) is 5.82 Å². The Morgan fingerprint density at radius 2 is 2.07 bits per heavy atom. The Balaban J connectivity index is 1.79. The van der Waals surface area contributed by atoms with E-state index >= 15 is 0 Å². The zero-order chi connectivity index (χ0) is 19.1. The molecule has 0 saturated carbocycles. The number of nitrogens with one attached hydrogen (secondary N) is 1. The molecule has 0 bridgehead atoms. The quantitative estimate of drug-likeness (QED) is 0.563. The standard InChI is InChI=1S/C19H20N8O/c1-12-11-28-9-8-26(12)16-10-14(13-2-5-21-6-3-13)17-18(20)25-27(19(17)23-16)15-4-7-22-24-15/h2-7,10,12H,8-9,11H2,1H3,(H2,20,25)(H,22,24). The van der Waals surface area contributed by atoms with Gasteiger partial charge in [-0.2, -0.15) is 9.78 Å². The minimum Gasteiger partial charge on any atom is -0.382 e. The molecule has 5 rings (SSSR count). The molecule has 1 unspecified atom stereocenters.